The lowest BCUT2D eigenvalue weighted by molar-refractivity contribution is -0.146. The van der Waals surface area contributed by atoms with Gasteiger partial charge in [-0.15, -0.1) is 34.0 Å². The van der Waals surface area contributed by atoms with Gasteiger partial charge in [-0.1, -0.05) is 59.3 Å². The molecule has 0 aliphatic rings. The lowest BCUT2D eigenvalue weighted by Crippen LogP contribution is -2.36. The summed E-state index contributed by atoms with van der Waals surface area (Å²) in [6, 6.07) is 11.3. The van der Waals surface area contributed by atoms with E-state index in [0.29, 0.717) is 38.9 Å². The van der Waals surface area contributed by atoms with E-state index < -0.39 is 0 Å². The molecule has 6 aromatic rings. The molecule has 0 atom stereocenters. The molecule has 6 rings (SSSR count). The largest absolute Gasteiger partial charge is 0.461 e. The van der Waals surface area contributed by atoms with Crippen LogP contribution in [-0.2, 0) is 48.4 Å². The van der Waals surface area contributed by atoms with Crippen molar-refractivity contribution < 1.29 is 28.6 Å². The molecule has 6 heterocycles. The molecule has 0 bridgehead atoms. The molecule has 3 N–H and O–H groups in total. The summed E-state index contributed by atoms with van der Waals surface area (Å²) in [6.07, 6.45) is 15.2. The van der Waals surface area contributed by atoms with Crippen LogP contribution in [0.15, 0.2) is 71.1 Å². The van der Waals surface area contributed by atoms with E-state index in [1.807, 2.05) is 52.5 Å². The lowest BCUT2D eigenvalue weighted by atomic mass is 10.2. The molecule has 6 aromatic heterocycles. The third kappa shape index (κ3) is 18.8. The Bertz CT molecular complexity index is 2240. The third-order valence-electron chi connectivity index (χ3n) is 11.0. The highest BCUT2D eigenvalue weighted by atomic mass is 32.1. The van der Waals surface area contributed by atoms with Crippen LogP contribution < -0.4 is 16.0 Å². The molecule has 19 heteroatoms. The van der Waals surface area contributed by atoms with Gasteiger partial charge in [-0.25, -0.2) is 15.0 Å². The average Bonchev–Trinajstić information content (AvgIpc) is 4.18. The summed E-state index contributed by atoms with van der Waals surface area (Å²) in [5.41, 5.74) is 7.05. The Kier molecular flexibility index (Phi) is 22.9. The molecule has 374 valence electrons. The molecule has 0 aromatic carbocycles. The van der Waals surface area contributed by atoms with Crippen molar-refractivity contribution in [1.82, 2.24) is 34.8 Å². The van der Waals surface area contributed by atoms with Crippen molar-refractivity contribution in [3.05, 3.63) is 87.8 Å². The van der Waals surface area contributed by atoms with Crippen LogP contribution in [-0.4, -0.2) is 92.0 Å². The van der Waals surface area contributed by atoms with E-state index in [4.69, 9.17) is 29.2 Å². The van der Waals surface area contributed by atoms with Crippen molar-refractivity contribution in [1.29, 1.82) is 0 Å². The van der Waals surface area contributed by atoms with Crippen LogP contribution in [0.1, 0.15) is 115 Å². The molecule has 0 unspecified atom stereocenters. The van der Waals surface area contributed by atoms with Crippen molar-refractivity contribution in [3.63, 3.8) is 0 Å². The fourth-order valence-electron chi connectivity index (χ4n) is 7.09. The maximum atomic E-state index is 12.2. The Balaban J connectivity index is 1.02. The van der Waals surface area contributed by atoms with E-state index in [2.05, 4.69) is 56.6 Å². The van der Waals surface area contributed by atoms with Crippen molar-refractivity contribution in [3.8, 4) is 34.2 Å². The molecule has 0 fully saturated rings. The van der Waals surface area contributed by atoms with Crippen LogP contribution in [0.2, 0.25) is 0 Å². The summed E-state index contributed by atoms with van der Waals surface area (Å²) >= 11 is 4.56. The van der Waals surface area contributed by atoms with Gasteiger partial charge in [-0.2, -0.15) is 0 Å². The molecule has 70 heavy (non-hydrogen) atoms. The number of thiazole rings is 3. The predicted octanol–water partition coefficient (Wildman–Crippen LogP) is 11.1. The standard InChI is InChI=1S/C51H66N10O6S3/c1-4-7-10-13-46(62)65-31-37-16-19-52-40(28-37)43-34-68-49(58-43)55-22-25-61(26-23-56-50-59-44(35-69-50)41-29-38(17-20-53-41)32-66-47(63)14-11-8-5-2)27-24-57-51-60-45(36-70-51)42-30-39(18-21-54-42)33-67-48(64)15-12-9-6-3/h16-21,28-30,34-36H,4-15,22-27,31-33H2,1-3H3,(H,55,58)(H,56,59)(H,57,60). The van der Waals surface area contributed by atoms with E-state index in [1.165, 1.54) is 34.0 Å². The van der Waals surface area contributed by atoms with Gasteiger partial charge >= 0.3 is 17.9 Å². The first-order valence-corrected chi connectivity index (χ1v) is 27.1. The van der Waals surface area contributed by atoms with E-state index in [1.54, 1.807) is 18.6 Å². The Hall–Kier alpha value is -5.89. The fraction of sp³-hybridized carbons (Fsp3) is 0.471. The second-order valence-electron chi connectivity index (χ2n) is 16.7. The molecule has 0 amide bonds. The first-order chi connectivity index (χ1) is 34.3. The van der Waals surface area contributed by atoms with Gasteiger partial charge in [0.25, 0.3) is 0 Å². The number of carbonyl (C=O) groups is 3. The number of hydrogen-bond donors (Lipinski definition) is 3. The molecule has 0 aliphatic carbocycles. The van der Waals surface area contributed by atoms with Gasteiger partial charge in [0.1, 0.15) is 36.9 Å². The van der Waals surface area contributed by atoms with Gasteiger partial charge in [0.15, 0.2) is 15.4 Å². The van der Waals surface area contributed by atoms with Gasteiger partial charge < -0.3 is 30.2 Å². The molecule has 0 spiro atoms. The van der Waals surface area contributed by atoms with Gasteiger partial charge in [-0.3, -0.25) is 34.2 Å². The molecular weight excluding hydrogens is 945 g/mol. The Morgan fingerprint density at radius 3 is 1.09 bits per heavy atom. The van der Waals surface area contributed by atoms with Crippen molar-refractivity contribution in [2.75, 3.05) is 55.2 Å². The van der Waals surface area contributed by atoms with Crippen LogP contribution >= 0.6 is 34.0 Å². The number of nitrogens with one attached hydrogen (secondary N) is 3. The second-order valence-corrected chi connectivity index (χ2v) is 19.3. The SMILES string of the molecule is CCCCCC(=O)OCc1ccnc(-c2csc(NCCN(CCNc3nc(-c4cc(COC(=O)CCCCC)ccn4)cs3)CCNc3nc(-c4cc(COC(=O)CCCCC)ccn4)cs3)n2)c1. The Labute approximate surface area is 423 Å². The number of esters is 3. The van der Waals surface area contributed by atoms with Gasteiger partial charge in [0.05, 0.1) is 17.1 Å². The van der Waals surface area contributed by atoms with Crippen LogP contribution in [0.3, 0.4) is 0 Å². The zero-order valence-electron chi connectivity index (χ0n) is 40.6. The zero-order chi connectivity index (χ0) is 49.2. The maximum Gasteiger partial charge on any atom is 0.306 e. The minimum Gasteiger partial charge on any atom is -0.461 e. The first-order valence-electron chi connectivity index (χ1n) is 24.4. The van der Waals surface area contributed by atoms with E-state index >= 15 is 0 Å². The monoisotopic (exact) mass is 1010 g/mol. The highest BCUT2D eigenvalue weighted by Gasteiger charge is 2.14. The number of aromatic nitrogens is 6. The highest BCUT2D eigenvalue weighted by Crippen LogP contribution is 2.27. The van der Waals surface area contributed by atoms with E-state index in [-0.39, 0.29) is 37.7 Å². The van der Waals surface area contributed by atoms with Crippen molar-refractivity contribution >= 4 is 67.3 Å². The summed E-state index contributed by atoms with van der Waals surface area (Å²) in [5, 5.41) is 18.8. The van der Waals surface area contributed by atoms with E-state index in [0.717, 1.165) is 144 Å². The van der Waals surface area contributed by atoms with Crippen LogP contribution in [0.4, 0.5) is 15.4 Å². The molecule has 0 radical (unpaired) electrons. The first kappa shape index (κ1) is 53.5. The minimum absolute atomic E-state index is 0.183. The number of ether oxygens (including phenoxy) is 3. The molecular formula is C51H66N10O6S3. The highest BCUT2D eigenvalue weighted by molar-refractivity contribution is 7.14. The normalized spacial score (nSPS) is 11.1. The summed E-state index contributed by atoms with van der Waals surface area (Å²) in [5.74, 6) is -0.548. The minimum atomic E-state index is -0.183. The predicted molar refractivity (Wildman–Crippen MR) is 280 cm³/mol. The number of nitrogens with zero attached hydrogens (tertiary/aromatic N) is 7. The van der Waals surface area contributed by atoms with Gasteiger partial charge in [0, 0.05) is 93.3 Å². The fourth-order valence-corrected chi connectivity index (χ4v) is 9.29. The summed E-state index contributed by atoms with van der Waals surface area (Å²) in [6.45, 7) is 11.1. The third-order valence-corrected chi connectivity index (χ3v) is 13.4. The number of carbonyl (C=O) groups excluding carboxylic acids is 3. The van der Waals surface area contributed by atoms with Crippen LogP contribution in [0, 0.1) is 0 Å². The Morgan fingerprint density at radius 1 is 0.471 bits per heavy atom. The molecule has 16 nitrogen and oxygen atoms in total. The zero-order valence-corrected chi connectivity index (χ0v) is 43.0. The average molecular weight is 1010 g/mol. The molecule has 0 saturated heterocycles. The van der Waals surface area contributed by atoms with Gasteiger partial charge in [0.2, 0.25) is 0 Å². The molecule has 0 saturated carbocycles. The number of hydrogen-bond acceptors (Lipinski definition) is 19. The summed E-state index contributed by atoms with van der Waals surface area (Å²) in [4.78, 5) is 67.0. The Morgan fingerprint density at radius 2 is 0.786 bits per heavy atom. The smallest absolute Gasteiger partial charge is 0.306 e. The van der Waals surface area contributed by atoms with Crippen LogP contribution in [0.25, 0.3) is 34.2 Å². The molecule has 0 aliphatic heterocycles. The van der Waals surface area contributed by atoms with Crippen LogP contribution in [0.5, 0.6) is 0 Å². The second kappa shape index (κ2) is 30.0. The summed E-state index contributed by atoms with van der Waals surface area (Å²) in [7, 11) is 0. The van der Waals surface area contributed by atoms with Crippen molar-refractivity contribution in [2.24, 2.45) is 0 Å². The van der Waals surface area contributed by atoms with E-state index in [9.17, 15) is 14.4 Å². The van der Waals surface area contributed by atoms with Gasteiger partial charge in [-0.05, 0) is 72.4 Å². The number of anilines is 3. The summed E-state index contributed by atoms with van der Waals surface area (Å²) < 4.78 is 16.5. The number of unbranched alkanes of at least 4 members (excludes halogenated alkanes) is 6. The van der Waals surface area contributed by atoms with Crippen molar-refractivity contribution in [2.45, 2.75) is 118 Å². The number of rotatable bonds is 33. The topological polar surface area (TPSA) is 196 Å². The lowest BCUT2D eigenvalue weighted by Gasteiger charge is -2.22. The quantitative estimate of drug-likeness (QED) is 0.0200. The number of pyridine rings is 3. The maximum absolute atomic E-state index is 12.2.